The maximum absolute atomic E-state index is 13.3. The monoisotopic (exact) mass is 786 g/mol. The van der Waals surface area contributed by atoms with Gasteiger partial charge in [0.25, 0.3) is 0 Å². The van der Waals surface area contributed by atoms with Crippen LogP contribution in [0.2, 0.25) is 51.4 Å². The predicted molar refractivity (Wildman–Crippen MR) is 207 cm³/mol. The largest absolute Gasteiger partial charge is 0.444 e. The third-order valence-corrected chi connectivity index (χ3v) is 13.5. The van der Waals surface area contributed by atoms with Crippen molar-refractivity contribution in [2.24, 2.45) is 0 Å². The van der Waals surface area contributed by atoms with Crippen LogP contribution in [-0.4, -0.2) is 97.4 Å². The number of hydrogen-bond acceptors (Lipinski definition) is 9. The zero-order chi connectivity index (χ0) is 36.4. The first kappa shape index (κ1) is 38.6. The van der Waals surface area contributed by atoms with Gasteiger partial charge in [0.1, 0.15) is 24.8 Å². The molecule has 2 aliphatic heterocycles. The SMILES string of the molecule is CC(C)(C)OC(=O)N1[C@@H]2CC[C@H]1CC(c1nc3c(-c4ccc(C=O)nc4)cnn3c(N(COCC[Si](C)(C)C)COCC[Si](C)(C)C)c1Br)C2. The lowest BCUT2D eigenvalue weighted by Gasteiger charge is -2.39. The van der Waals surface area contributed by atoms with E-state index in [2.05, 4.69) is 65.1 Å². The molecule has 2 saturated heterocycles. The second-order valence-electron chi connectivity index (χ2n) is 17.2. The molecule has 0 aliphatic carbocycles. The Morgan fingerprint density at radius 3 is 2.08 bits per heavy atom. The van der Waals surface area contributed by atoms with E-state index in [0.29, 0.717) is 38.0 Å². The van der Waals surface area contributed by atoms with Crippen molar-refractivity contribution in [2.75, 3.05) is 31.6 Å². The summed E-state index contributed by atoms with van der Waals surface area (Å²) in [5.41, 5.74) is 3.08. The van der Waals surface area contributed by atoms with Crippen LogP contribution >= 0.6 is 15.9 Å². The summed E-state index contributed by atoms with van der Waals surface area (Å²) < 4.78 is 21.3. The minimum Gasteiger partial charge on any atom is -0.444 e. The molecule has 0 saturated carbocycles. The molecule has 2 aliphatic rings. The van der Waals surface area contributed by atoms with Crippen molar-refractivity contribution < 1.29 is 23.8 Å². The van der Waals surface area contributed by atoms with Crippen LogP contribution in [0.25, 0.3) is 16.8 Å². The maximum Gasteiger partial charge on any atom is 0.410 e. The molecule has 50 heavy (non-hydrogen) atoms. The van der Waals surface area contributed by atoms with E-state index in [1.807, 2.05) is 42.4 Å². The lowest BCUT2D eigenvalue weighted by molar-refractivity contribution is 0.00565. The number of anilines is 1. The number of hydrogen-bond donors (Lipinski definition) is 0. The number of rotatable bonds is 14. The number of carbonyl (C=O) groups excluding carboxylic acids is 2. The smallest absolute Gasteiger partial charge is 0.410 e. The Morgan fingerprint density at radius 2 is 1.58 bits per heavy atom. The molecular formula is C36H55BrN6O5Si2. The molecule has 3 aromatic heterocycles. The van der Waals surface area contributed by atoms with E-state index >= 15 is 0 Å². The quantitative estimate of drug-likeness (QED) is 0.0688. The number of nitrogens with zero attached hydrogens (tertiary/aromatic N) is 6. The van der Waals surface area contributed by atoms with Crippen LogP contribution in [0.15, 0.2) is 29.0 Å². The fourth-order valence-electron chi connectivity index (χ4n) is 6.64. The number of aromatic nitrogens is 4. The van der Waals surface area contributed by atoms with Gasteiger partial charge in [-0.2, -0.15) is 9.61 Å². The first-order valence-corrected chi connectivity index (χ1v) is 26.1. The molecule has 14 heteroatoms. The maximum atomic E-state index is 13.3. The van der Waals surface area contributed by atoms with Gasteiger partial charge < -0.3 is 24.0 Å². The topological polar surface area (TPSA) is 111 Å². The number of carbonyl (C=O) groups is 2. The number of fused-ring (bicyclic) bond motifs is 3. The highest BCUT2D eigenvalue weighted by Crippen LogP contribution is 2.47. The van der Waals surface area contributed by atoms with Crippen LogP contribution in [0.1, 0.15) is 68.6 Å². The summed E-state index contributed by atoms with van der Waals surface area (Å²) >= 11 is 4.03. The third-order valence-electron chi connectivity index (χ3n) is 9.32. The number of pyridine rings is 1. The molecule has 11 nitrogen and oxygen atoms in total. The van der Waals surface area contributed by atoms with E-state index in [-0.39, 0.29) is 24.1 Å². The summed E-state index contributed by atoms with van der Waals surface area (Å²) in [7, 11) is -2.59. The van der Waals surface area contributed by atoms with E-state index in [1.165, 1.54) is 0 Å². The molecule has 3 atom stereocenters. The second kappa shape index (κ2) is 15.5. The lowest BCUT2D eigenvalue weighted by Crippen LogP contribution is -2.48. The van der Waals surface area contributed by atoms with Gasteiger partial charge in [-0.15, -0.1) is 0 Å². The van der Waals surface area contributed by atoms with Gasteiger partial charge in [-0.1, -0.05) is 45.3 Å². The van der Waals surface area contributed by atoms with Crippen molar-refractivity contribution in [3.05, 3.63) is 40.4 Å². The summed E-state index contributed by atoms with van der Waals surface area (Å²) in [6, 6.07) is 5.87. The van der Waals surface area contributed by atoms with Gasteiger partial charge in [0.05, 0.1) is 16.4 Å². The number of amides is 1. The molecule has 2 fully saturated rings. The summed E-state index contributed by atoms with van der Waals surface area (Å²) in [5, 5.41) is 4.87. The van der Waals surface area contributed by atoms with Crippen molar-refractivity contribution >= 4 is 55.9 Å². The van der Waals surface area contributed by atoms with E-state index in [9.17, 15) is 9.59 Å². The van der Waals surface area contributed by atoms with Gasteiger partial charge >= 0.3 is 6.09 Å². The average Bonchev–Trinajstić information content (AvgIpc) is 3.56. The average molecular weight is 788 g/mol. The van der Waals surface area contributed by atoms with Crippen LogP contribution in [0.4, 0.5) is 10.6 Å². The van der Waals surface area contributed by atoms with Crippen molar-refractivity contribution in [1.29, 1.82) is 0 Å². The highest BCUT2D eigenvalue weighted by molar-refractivity contribution is 9.10. The first-order chi connectivity index (χ1) is 23.4. The zero-order valence-electron chi connectivity index (χ0n) is 31.3. The van der Waals surface area contributed by atoms with Gasteiger partial charge in [0.2, 0.25) is 0 Å². The van der Waals surface area contributed by atoms with Crippen LogP contribution in [-0.2, 0) is 14.2 Å². The second-order valence-corrected chi connectivity index (χ2v) is 29.2. The van der Waals surface area contributed by atoms with Gasteiger partial charge in [-0.05, 0) is 80.5 Å². The standard InChI is InChI=1S/C36H55BrN6O5Si2/c1-36(2,3)48-35(45)42-28-12-13-29(42)19-26(18-28)32-31(37)34(41(23-46-14-16-49(4,5)6)24-47-15-17-50(7,8)9)43-33(40-32)30(21-39-43)25-10-11-27(22-44)38-20-25/h10-11,20-22,26,28-29H,12-19,23-24H2,1-9H3/t26?,28-,29+. The summed E-state index contributed by atoms with van der Waals surface area (Å²) in [6.45, 7) is 21.9. The fraction of sp³-hybridized carbons (Fsp3) is 0.639. The van der Waals surface area contributed by atoms with Gasteiger partial charge in [-0.25, -0.2) is 9.78 Å². The highest BCUT2D eigenvalue weighted by Gasteiger charge is 2.46. The Morgan fingerprint density at radius 1 is 0.980 bits per heavy atom. The Balaban J connectivity index is 1.55. The number of ether oxygens (including phenoxy) is 3. The Hall–Kier alpha value is -2.66. The molecule has 0 aromatic carbocycles. The Kier molecular flexibility index (Phi) is 12.0. The highest BCUT2D eigenvalue weighted by atomic mass is 79.9. The van der Waals surface area contributed by atoms with Crippen LogP contribution < -0.4 is 4.90 Å². The summed E-state index contributed by atoms with van der Waals surface area (Å²) in [4.78, 5) is 38.4. The zero-order valence-corrected chi connectivity index (χ0v) is 34.9. The Labute approximate surface area is 307 Å². The third kappa shape index (κ3) is 9.61. The minimum absolute atomic E-state index is 0.0809. The van der Waals surface area contributed by atoms with E-state index in [4.69, 9.17) is 24.3 Å². The first-order valence-electron chi connectivity index (χ1n) is 17.8. The normalized spacial score (nSPS) is 19.6. The van der Waals surface area contributed by atoms with Gasteiger partial charge in [0, 0.05) is 64.7 Å². The molecular weight excluding hydrogens is 733 g/mol. The van der Waals surface area contributed by atoms with Crippen LogP contribution in [0, 0.1) is 0 Å². The summed E-state index contributed by atoms with van der Waals surface area (Å²) in [6.07, 6.45) is 7.48. The molecule has 0 radical (unpaired) electrons. The molecule has 274 valence electrons. The van der Waals surface area contributed by atoms with Crippen molar-refractivity contribution in [1.82, 2.24) is 24.5 Å². The minimum atomic E-state index is -1.29. The molecule has 1 unspecified atom stereocenters. The predicted octanol–water partition coefficient (Wildman–Crippen LogP) is 8.44. The number of piperidine rings is 1. The molecule has 5 rings (SSSR count). The molecule has 5 heterocycles. The van der Waals surface area contributed by atoms with Crippen LogP contribution in [0.3, 0.4) is 0 Å². The molecule has 1 amide bonds. The van der Waals surface area contributed by atoms with E-state index < -0.39 is 21.7 Å². The van der Waals surface area contributed by atoms with Crippen LogP contribution in [0.5, 0.6) is 0 Å². The molecule has 2 bridgehead atoms. The van der Waals surface area contributed by atoms with E-state index in [0.717, 1.165) is 71.2 Å². The molecule has 0 N–H and O–H groups in total. The molecule has 3 aromatic rings. The van der Waals surface area contributed by atoms with Crippen molar-refractivity contribution in [2.45, 2.75) is 121 Å². The Bertz CT molecular complexity index is 1610. The van der Waals surface area contributed by atoms with Gasteiger partial charge in [-0.3, -0.25) is 9.78 Å². The van der Waals surface area contributed by atoms with Gasteiger partial charge in [0.15, 0.2) is 17.8 Å². The summed E-state index contributed by atoms with van der Waals surface area (Å²) in [5.74, 6) is 0.918. The lowest BCUT2D eigenvalue weighted by atomic mass is 9.88. The fourth-order valence-corrected chi connectivity index (χ4v) is 8.98. The van der Waals surface area contributed by atoms with Crippen molar-refractivity contribution in [3.8, 4) is 11.1 Å². The van der Waals surface area contributed by atoms with E-state index in [1.54, 1.807) is 12.3 Å². The number of halogens is 1. The van der Waals surface area contributed by atoms with Crippen molar-refractivity contribution in [3.63, 3.8) is 0 Å². The molecule has 0 spiro atoms. The number of aldehydes is 1.